The summed E-state index contributed by atoms with van der Waals surface area (Å²) in [6, 6.07) is 5.66. The molecule has 0 radical (unpaired) electrons. The lowest BCUT2D eigenvalue weighted by Crippen LogP contribution is -2.38. The van der Waals surface area contributed by atoms with Gasteiger partial charge in [0.05, 0.1) is 10.2 Å². The Hall–Kier alpha value is -2.15. The minimum atomic E-state index is -0.173. The number of hydrogen-bond acceptors (Lipinski definition) is 4. The van der Waals surface area contributed by atoms with Gasteiger partial charge in [0.1, 0.15) is 0 Å². The summed E-state index contributed by atoms with van der Waals surface area (Å²) in [6.45, 7) is 1.45. The number of hydrogen-bond donors (Lipinski definition) is 3. The monoisotopic (exact) mass is 332 g/mol. The van der Waals surface area contributed by atoms with Gasteiger partial charge >= 0.3 is 6.03 Å². The summed E-state index contributed by atoms with van der Waals surface area (Å²) in [5.74, 6) is -0.144. The van der Waals surface area contributed by atoms with Crippen LogP contribution in [0.25, 0.3) is 10.2 Å². The van der Waals surface area contributed by atoms with E-state index in [1.54, 1.807) is 0 Å². The number of benzene rings is 1. The van der Waals surface area contributed by atoms with Gasteiger partial charge in [-0.15, -0.1) is 0 Å². The third-order valence-corrected chi connectivity index (χ3v) is 4.82. The number of carbonyl (C=O) groups is 2. The summed E-state index contributed by atoms with van der Waals surface area (Å²) in [5, 5.41) is 9.12. The second kappa shape index (κ2) is 6.95. The fourth-order valence-electron chi connectivity index (χ4n) is 2.81. The molecule has 0 bridgehead atoms. The summed E-state index contributed by atoms with van der Waals surface area (Å²) >= 11 is 1.41. The topological polar surface area (TPSA) is 83.1 Å². The second-order valence-corrected chi connectivity index (χ2v) is 6.85. The Morgan fingerprint density at radius 3 is 2.70 bits per heavy atom. The number of rotatable bonds is 3. The summed E-state index contributed by atoms with van der Waals surface area (Å²) in [4.78, 5) is 27.5. The Morgan fingerprint density at radius 1 is 1.17 bits per heavy atom. The summed E-state index contributed by atoms with van der Waals surface area (Å²) < 4.78 is 0.965. The number of carbonyl (C=O) groups excluding carboxylic acids is 2. The van der Waals surface area contributed by atoms with Gasteiger partial charge in [-0.05, 0) is 31.0 Å². The van der Waals surface area contributed by atoms with Crippen LogP contribution in [0.4, 0.5) is 15.6 Å². The third-order valence-electron chi connectivity index (χ3n) is 3.87. The normalized spacial score (nSPS) is 15.3. The molecule has 0 spiro atoms. The van der Waals surface area contributed by atoms with Gasteiger partial charge in [0.2, 0.25) is 5.91 Å². The highest BCUT2D eigenvalue weighted by molar-refractivity contribution is 7.22. The molecule has 1 aliphatic rings. The van der Waals surface area contributed by atoms with Gasteiger partial charge in [0.15, 0.2) is 5.13 Å². The van der Waals surface area contributed by atoms with Gasteiger partial charge in [-0.3, -0.25) is 4.79 Å². The van der Waals surface area contributed by atoms with Crippen LogP contribution in [-0.4, -0.2) is 23.0 Å². The minimum absolute atomic E-state index is 0.144. The standard InChI is InChI=1S/C16H20N4O2S/c1-10(21)17-16-20-13-9-12(7-8-14(13)23-16)19-15(22)18-11-5-3-2-4-6-11/h7-9,11H,2-6H2,1H3,(H,17,20,21)(H2,18,19,22). The van der Waals surface area contributed by atoms with E-state index in [-0.39, 0.29) is 18.0 Å². The van der Waals surface area contributed by atoms with Crippen LogP contribution in [-0.2, 0) is 4.79 Å². The maximum absolute atomic E-state index is 12.1. The van der Waals surface area contributed by atoms with Crippen molar-refractivity contribution in [2.24, 2.45) is 0 Å². The second-order valence-electron chi connectivity index (χ2n) is 5.82. The van der Waals surface area contributed by atoms with Gasteiger partial charge in [0.25, 0.3) is 0 Å². The molecule has 1 saturated carbocycles. The number of fused-ring (bicyclic) bond motifs is 1. The van der Waals surface area contributed by atoms with Crippen LogP contribution < -0.4 is 16.0 Å². The first-order valence-electron chi connectivity index (χ1n) is 7.86. The molecule has 6 nitrogen and oxygen atoms in total. The molecule has 3 amide bonds. The van der Waals surface area contributed by atoms with E-state index in [1.807, 2.05) is 18.2 Å². The SMILES string of the molecule is CC(=O)Nc1nc2cc(NC(=O)NC3CCCCC3)ccc2s1. The van der Waals surface area contributed by atoms with Gasteiger partial charge in [-0.2, -0.15) is 0 Å². The average molecular weight is 332 g/mol. The Bertz CT molecular complexity index is 722. The van der Waals surface area contributed by atoms with E-state index in [0.717, 1.165) is 23.1 Å². The van der Waals surface area contributed by atoms with Crippen LogP contribution in [0.2, 0.25) is 0 Å². The van der Waals surface area contributed by atoms with E-state index in [1.165, 1.54) is 37.5 Å². The number of aromatic nitrogens is 1. The predicted molar refractivity (Wildman–Crippen MR) is 93.0 cm³/mol. The first-order chi connectivity index (χ1) is 11.1. The highest BCUT2D eigenvalue weighted by atomic mass is 32.1. The van der Waals surface area contributed by atoms with Gasteiger partial charge < -0.3 is 16.0 Å². The molecule has 3 N–H and O–H groups in total. The molecule has 0 atom stereocenters. The van der Waals surface area contributed by atoms with E-state index in [4.69, 9.17) is 0 Å². The van der Waals surface area contributed by atoms with Gasteiger partial charge in [-0.1, -0.05) is 30.6 Å². The van der Waals surface area contributed by atoms with Gasteiger partial charge in [-0.25, -0.2) is 9.78 Å². The number of urea groups is 1. The maximum atomic E-state index is 12.1. The number of amides is 3. The Morgan fingerprint density at radius 2 is 1.96 bits per heavy atom. The lowest BCUT2D eigenvalue weighted by atomic mass is 9.96. The average Bonchev–Trinajstić information content (AvgIpc) is 2.88. The van der Waals surface area contributed by atoms with Crippen LogP contribution >= 0.6 is 11.3 Å². The third kappa shape index (κ3) is 4.19. The fraction of sp³-hybridized carbons (Fsp3) is 0.438. The number of nitrogens with zero attached hydrogens (tertiary/aromatic N) is 1. The summed E-state index contributed by atoms with van der Waals surface area (Å²) in [6.07, 6.45) is 5.73. The van der Waals surface area contributed by atoms with Crippen molar-refractivity contribution < 1.29 is 9.59 Å². The molecule has 1 fully saturated rings. The van der Waals surface area contributed by atoms with Crippen molar-refractivity contribution in [3.8, 4) is 0 Å². The van der Waals surface area contributed by atoms with Crippen molar-refractivity contribution in [1.82, 2.24) is 10.3 Å². The van der Waals surface area contributed by atoms with E-state index >= 15 is 0 Å². The smallest absolute Gasteiger partial charge is 0.319 e. The molecule has 0 aliphatic heterocycles. The van der Waals surface area contributed by atoms with E-state index in [9.17, 15) is 9.59 Å². The van der Waals surface area contributed by atoms with Crippen molar-refractivity contribution >= 4 is 44.3 Å². The number of thiazole rings is 1. The first-order valence-corrected chi connectivity index (χ1v) is 8.67. The molecule has 23 heavy (non-hydrogen) atoms. The minimum Gasteiger partial charge on any atom is -0.335 e. The lowest BCUT2D eigenvalue weighted by Gasteiger charge is -2.22. The maximum Gasteiger partial charge on any atom is 0.319 e. The first kappa shape index (κ1) is 15.7. The molecule has 2 aromatic rings. The Balaban J connectivity index is 1.65. The molecule has 1 aromatic heterocycles. The van der Waals surface area contributed by atoms with Crippen molar-refractivity contribution in [3.63, 3.8) is 0 Å². The van der Waals surface area contributed by atoms with E-state index < -0.39 is 0 Å². The Kier molecular flexibility index (Phi) is 4.76. The van der Waals surface area contributed by atoms with Crippen molar-refractivity contribution in [1.29, 1.82) is 0 Å². The van der Waals surface area contributed by atoms with Gasteiger partial charge in [0, 0.05) is 18.7 Å². The molecule has 1 heterocycles. The molecule has 0 unspecified atom stereocenters. The van der Waals surface area contributed by atoms with E-state index in [2.05, 4.69) is 20.9 Å². The zero-order chi connectivity index (χ0) is 16.2. The van der Waals surface area contributed by atoms with Crippen molar-refractivity contribution in [2.45, 2.75) is 45.1 Å². The van der Waals surface area contributed by atoms with E-state index in [0.29, 0.717) is 10.8 Å². The highest BCUT2D eigenvalue weighted by Gasteiger charge is 2.15. The Labute approximate surface area is 138 Å². The zero-order valence-electron chi connectivity index (χ0n) is 13.0. The summed E-state index contributed by atoms with van der Waals surface area (Å²) in [5.41, 5.74) is 1.46. The predicted octanol–water partition coefficient (Wildman–Crippen LogP) is 3.71. The molecule has 1 aliphatic carbocycles. The molecular weight excluding hydrogens is 312 g/mol. The summed E-state index contributed by atoms with van der Waals surface area (Å²) in [7, 11) is 0. The highest BCUT2D eigenvalue weighted by Crippen LogP contribution is 2.28. The van der Waals surface area contributed by atoms with Crippen LogP contribution in [0.5, 0.6) is 0 Å². The number of nitrogens with one attached hydrogen (secondary N) is 3. The molecule has 0 saturated heterocycles. The largest absolute Gasteiger partial charge is 0.335 e. The van der Waals surface area contributed by atoms with Crippen LogP contribution in [0.1, 0.15) is 39.0 Å². The van der Waals surface area contributed by atoms with Crippen molar-refractivity contribution in [2.75, 3.05) is 10.6 Å². The molecule has 3 rings (SSSR count). The van der Waals surface area contributed by atoms with Crippen LogP contribution in [0, 0.1) is 0 Å². The van der Waals surface area contributed by atoms with Crippen LogP contribution in [0.15, 0.2) is 18.2 Å². The molecule has 7 heteroatoms. The molecule has 122 valence electrons. The van der Waals surface area contributed by atoms with Crippen LogP contribution in [0.3, 0.4) is 0 Å². The lowest BCUT2D eigenvalue weighted by molar-refractivity contribution is -0.114. The number of anilines is 2. The quantitative estimate of drug-likeness (QED) is 0.801. The zero-order valence-corrected chi connectivity index (χ0v) is 13.8. The van der Waals surface area contributed by atoms with Crippen molar-refractivity contribution in [3.05, 3.63) is 18.2 Å². The molecular formula is C16H20N4O2S. The fourth-order valence-corrected chi connectivity index (χ4v) is 3.70. The molecule has 1 aromatic carbocycles.